The van der Waals surface area contributed by atoms with Gasteiger partial charge in [-0.05, 0) is 125 Å². The molecule has 37 heavy (non-hydrogen) atoms. The molecule has 0 heterocycles. The van der Waals surface area contributed by atoms with Crippen molar-refractivity contribution in [3.8, 4) is 0 Å². The number of carbonyl (C=O) groups is 2. The van der Waals surface area contributed by atoms with Crippen LogP contribution in [-0.4, -0.2) is 18.4 Å². The summed E-state index contributed by atoms with van der Waals surface area (Å²) in [6.45, 7) is 19.2. The number of fused-ring (bicyclic) bond motifs is 7. The smallest absolute Gasteiger partial charge is 0.311 e. The van der Waals surface area contributed by atoms with Crippen LogP contribution >= 0.6 is 0 Å². The molecule has 0 aromatic heterocycles. The highest BCUT2D eigenvalue weighted by Gasteiger charge is 2.69. The monoisotopic (exact) mass is 508 g/mol. The SMILES string of the molecule is CCCCOC(=O)[C@@]1(C)CC[C@]2(C)CC[C@]3(C)C(=CC(=O)C4[C@@]5(C)CCC(=C(C)C)C5CC[C@]43C)C2C1. The lowest BCUT2D eigenvalue weighted by Gasteiger charge is -2.67. The molecule has 4 fully saturated rings. The predicted molar refractivity (Wildman–Crippen MR) is 150 cm³/mol. The fourth-order valence-electron chi connectivity index (χ4n) is 10.3. The number of allylic oxidation sites excluding steroid dienone is 4. The van der Waals surface area contributed by atoms with Gasteiger partial charge >= 0.3 is 5.97 Å². The van der Waals surface area contributed by atoms with Crippen molar-refractivity contribution in [2.24, 2.45) is 44.8 Å². The summed E-state index contributed by atoms with van der Waals surface area (Å²) >= 11 is 0. The molecule has 0 aromatic carbocycles. The van der Waals surface area contributed by atoms with E-state index in [9.17, 15) is 9.59 Å². The third-order valence-corrected chi connectivity index (χ3v) is 13.1. The van der Waals surface area contributed by atoms with E-state index < -0.39 is 5.41 Å². The highest BCUT2D eigenvalue weighted by atomic mass is 16.5. The summed E-state index contributed by atoms with van der Waals surface area (Å²) in [4.78, 5) is 27.6. The number of unbranched alkanes of at least 4 members (excludes halogenated alkanes) is 1. The maximum absolute atomic E-state index is 14.3. The van der Waals surface area contributed by atoms with E-state index in [-0.39, 0.29) is 39.5 Å². The van der Waals surface area contributed by atoms with Crippen molar-refractivity contribution in [1.29, 1.82) is 0 Å². The molecule has 206 valence electrons. The number of ether oxygens (including phenoxy) is 1. The van der Waals surface area contributed by atoms with Gasteiger partial charge in [0.25, 0.3) is 0 Å². The van der Waals surface area contributed by atoms with Crippen LogP contribution in [0.2, 0.25) is 0 Å². The average molecular weight is 509 g/mol. The van der Waals surface area contributed by atoms with E-state index in [1.165, 1.54) is 30.4 Å². The number of hydrogen-bond donors (Lipinski definition) is 0. The number of esters is 1. The molecule has 0 aromatic rings. The Labute approximate surface area is 226 Å². The molecule has 0 aliphatic heterocycles. The first-order valence-corrected chi connectivity index (χ1v) is 15.4. The molecule has 8 atom stereocenters. The second-order valence-corrected chi connectivity index (χ2v) is 15.3. The standard InChI is InChI=1S/C34H52O3/c1-9-10-19-37-29(36)31(5)16-15-30(4)17-18-33(7)25(26(30)21-31)20-27(35)28-32(6)13-11-23(22(2)3)24(32)12-14-34(28,33)8/h20,24,26,28H,9-19,21H2,1-8H3/t24?,26?,28?,30-,31+,32+,33-,34-/m1/s1. The molecule has 3 heteroatoms. The van der Waals surface area contributed by atoms with Gasteiger partial charge in [0.15, 0.2) is 5.78 Å². The molecule has 5 aliphatic rings. The van der Waals surface area contributed by atoms with Gasteiger partial charge < -0.3 is 4.74 Å². The Morgan fingerprint density at radius 1 is 0.973 bits per heavy atom. The number of carbonyl (C=O) groups excluding carboxylic acids is 2. The van der Waals surface area contributed by atoms with Crippen LogP contribution in [0.1, 0.15) is 126 Å². The average Bonchev–Trinajstić information content (AvgIpc) is 3.18. The maximum atomic E-state index is 14.3. The van der Waals surface area contributed by atoms with Crippen LogP contribution in [0, 0.1) is 44.8 Å². The van der Waals surface area contributed by atoms with Crippen LogP contribution in [0.3, 0.4) is 0 Å². The van der Waals surface area contributed by atoms with E-state index in [0.29, 0.717) is 18.3 Å². The van der Waals surface area contributed by atoms with Crippen LogP contribution in [0.5, 0.6) is 0 Å². The van der Waals surface area contributed by atoms with Gasteiger partial charge in [0, 0.05) is 5.92 Å². The molecular formula is C34H52O3. The highest BCUT2D eigenvalue weighted by Crippen LogP contribution is 2.74. The molecule has 0 N–H and O–H groups in total. The lowest BCUT2D eigenvalue weighted by molar-refractivity contribution is -0.167. The van der Waals surface area contributed by atoms with Crippen molar-refractivity contribution in [2.75, 3.05) is 6.61 Å². The van der Waals surface area contributed by atoms with Gasteiger partial charge in [-0.1, -0.05) is 57.8 Å². The number of hydrogen-bond acceptors (Lipinski definition) is 3. The van der Waals surface area contributed by atoms with Crippen LogP contribution < -0.4 is 0 Å². The Kier molecular flexibility index (Phi) is 6.48. The van der Waals surface area contributed by atoms with Gasteiger partial charge in [-0.3, -0.25) is 9.59 Å². The Bertz CT molecular complexity index is 1050. The fourth-order valence-corrected chi connectivity index (χ4v) is 10.3. The second-order valence-electron chi connectivity index (χ2n) is 15.3. The Morgan fingerprint density at radius 2 is 1.68 bits per heavy atom. The summed E-state index contributed by atoms with van der Waals surface area (Å²) in [5.74, 6) is 1.31. The molecular weight excluding hydrogens is 456 g/mol. The van der Waals surface area contributed by atoms with Crippen LogP contribution in [-0.2, 0) is 14.3 Å². The van der Waals surface area contributed by atoms with Gasteiger partial charge in [0.1, 0.15) is 0 Å². The zero-order valence-electron chi connectivity index (χ0n) is 25.0. The maximum Gasteiger partial charge on any atom is 0.311 e. The van der Waals surface area contributed by atoms with Crippen molar-refractivity contribution in [2.45, 2.75) is 126 Å². The Balaban J connectivity index is 1.53. The minimum atomic E-state index is -0.453. The minimum Gasteiger partial charge on any atom is -0.465 e. The van der Waals surface area contributed by atoms with Gasteiger partial charge in [0.2, 0.25) is 0 Å². The second kappa shape index (κ2) is 8.82. The number of ketones is 1. The predicted octanol–water partition coefficient (Wildman–Crippen LogP) is 8.62. The topological polar surface area (TPSA) is 43.4 Å². The molecule has 0 bridgehead atoms. The van der Waals surface area contributed by atoms with Gasteiger partial charge in [0.05, 0.1) is 12.0 Å². The molecule has 4 saturated carbocycles. The van der Waals surface area contributed by atoms with Crippen LogP contribution in [0.25, 0.3) is 0 Å². The first kappa shape index (κ1) is 27.2. The minimum absolute atomic E-state index is 0.0157. The third-order valence-electron chi connectivity index (χ3n) is 13.1. The normalized spacial score (nSPS) is 46.8. The van der Waals surface area contributed by atoms with E-state index in [1.54, 1.807) is 5.57 Å². The largest absolute Gasteiger partial charge is 0.465 e. The van der Waals surface area contributed by atoms with Crippen molar-refractivity contribution >= 4 is 11.8 Å². The third kappa shape index (κ3) is 3.71. The molecule has 3 unspecified atom stereocenters. The summed E-state index contributed by atoms with van der Waals surface area (Å²) in [6.07, 6.45) is 13.9. The van der Waals surface area contributed by atoms with E-state index in [1.807, 2.05) is 0 Å². The summed E-state index contributed by atoms with van der Waals surface area (Å²) in [7, 11) is 0. The van der Waals surface area contributed by atoms with Crippen molar-refractivity contribution in [1.82, 2.24) is 0 Å². The molecule has 5 aliphatic carbocycles. The number of rotatable bonds is 4. The summed E-state index contributed by atoms with van der Waals surface area (Å²) in [5.41, 5.74) is 4.27. The molecule has 0 saturated heterocycles. The zero-order chi connectivity index (χ0) is 27.0. The molecule has 0 amide bonds. The Hall–Kier alpha value is -1.38. The van der Waals surface area contributed by atoms with Gasteiger partial charge in [-0.25, -0.2) is 0 Å². The van der Waals surface area contributed by atoms with Crippen molar-refractivity contribution in [3.63, 3.8) is 0 Å². The summed E-state index contributed by atoms with van der Waals surface area (Å²) in [5, 5.41) is 0. The van der Waals surface area contributed by atoms with E-state index in [4.69, 9.17) is 4.74 Å². The quantitative estimate of drug-likeness (QED) is 0.217. The van der Waals surface area contributed by atoms with E-state index in [2.05, 4.69) is 61.5 Å². The van der Waals surface area contributed by atoms with E-state index in [0.717, 1.165) is 51.4 Å². The first-order valence-electron chi connectivity index (χ1n) is 15.4. The Morgan fingerprint density at radius 3 is 2.35 bits per heavy atom. The van der Waals surface area contributed by atoms with Crippen LogP contribution in [0.4, 0.5) is 0 Å². The molecule has 0 spiro atoms. The zero-order valence-corrected chi connectivity index (χ0v) is 25.0. The van der Waals surface area contributed by atoms with E-state index >= 15 is 0 Å². The molecule has 5 rings (SSSR count). The summed E-state index contributed by atoms with van der Waals surface area (Å²) in [6, 6.07) is 0. The van der Waals surface area contributed by atoms with Gasteiger partial charge in [-0.15, -0.1) is 0 Å². The highest BCUT2D eigenvalue weighted by molar-refractivity contribution is 5.96. The first-order chi connectivity index (χ1) is 17.3. The lowest BCUT2D eigenvalue weighted by atomic mass is 9.36. The van der Waals surface area contributed by atoms with Crippen molar-refractivity contribution in [3.05, 3.63) is 22.8 Å². The fraction of sp³-hybridized carbons (Fsp3) is 0.824. The van der Waals surface area contributed by atoms with Crippen molar-refractivity contribution < 1.29 is 14.3 Å². The van der Waals surface area contributed by atoms with Gasteiger partial charge in [-0.2, -0.15) is 0 Å². The van der Waals surface area contributed by atoms with Crippen LogP contribution in [0.15, 0.2) is 22.8 Å². The molecule has 0 radical (unpaired) electrons. The molecule has 3 nitrogen and oxygen atoms in total. The summed E-state index contributed by atoms with van der Waals surface area (Å²) < 4.78 is 5.79. The lowest BCUT2D eigenvalue weighted by Crippen LogP contribution is -2.63.